The van der Waals surface area contributed by atoms with Gasteiger partial charge in [-0.3, -0.25) is 0 Å². The van der Waals surface area contributed by atoms with Crippen LogP contribution >= 0.6 is 0 Å². The van der Waals surface area contributed by atoms with Gasteiger partial charge in [0.1, 0.15) is 0 Å². The zero-order valence-corrected chi connectivity index (χ0v) is 26.0. The third kappa shape index (κ3) is 4.60. The number of rotatable bonds is 4. The van der Waals surface area contributed by atoms with Crippen molar-refractivity contribution in [3.05, 3.63) is 173 Å². The first-order valence-corrected chi connectivity index (χ1v) is 16.8. The summed E-state index contributed by atoms with van der Waals surface area (Å²) in [5.41, 5.74) is 16.3. The maximum absolute atomic E-state index is 2.39. The number of hydrogen-bond acceptors (Lipinski definition) is 0. The fourth-order valence-corrected chi connectivity index (χ4v) is 8.10. The van der Waals surface area contributed by atoms with E-state index in [1.54, 1.807) is 0 Å². The van der Waals surface area contributed by atoms with E-state index in [4.69, 9.17) is 0 Å². The molecule has 0 heterocycles. The van der Waals surface area contributed by atoms with E-state index in [1.807, 2.05) is 0 Å². The molecule has 0 heteroatoms. The summed E-state index contributed by atoms with van der Waals surface area (Å²) in [4.78, 5) is 0. The Morgan fingerprint density at radius 2 is 1.17 bits per heavy atom. The molecule has 5 aromatic carbocycles. The second-order valence-corrected chi connectivity index (χ2v) is 13.0. The Hall–Kier alpha value is -5.20. The van der Waals surface area contributed by atoms with Gasteiger partial charge in [0, 0.05) is 11.8 Å². The summed E-state index contributed by atoms with van der Waals surface area (Å²) in [7, 11) is 0. The molecule has 4 aliphatic carbocycles. The average Bonchev–Trinajstić information content (AvgIpc) is 3.13. The van der Waals surface area contributed by atoms with E-state index in [2.05, 4.69) is 158 Å². The minimum absolute atomic E-state index is 0.412. The smallest absolute Gasteiger partial charge is 0.0125 e. The molecular formula is C46H36. The van der Waals surface area contributed by atoms with E-state index < -0.39 is 0 Å². The van der Waals surface area contributed by atoms with Crippen molar-refractivity contribution in [2.24, 2.45) is 11.8 Å². The summed E-state index contributed by atoms with van der Waals surface area (Å²) in [6.07, 6.45) is 29.5. The highest BCUT2D eigenvalue weighted by atomic mass is 14.3. The third-order valence-corrected chi connectivity index (χ3v) is 10.4. The highest BCUT2D eigenvalue weighted by molar-refractivity contribution is 6.10. The maximum Gasteiger partial charge on any atom is 0.0125 e. The predicted octanol–water partition coefficient (Wildman–Crippen LogP) is 12.1. The molecule has 46 heavy (non-hydrogen) atoms. The van der Waals surface area contributed by atoms with Crippen molar-refractivity contribution in [3.8, 4) is 33.4 Å². The molecule has 2 atom stereocenters. The molecule has 0 N–H and O–H groups in total. The van der Waals surface area contributed by atoms with Crippen LogP contribution in [0.1, 0.15) is 40.7 Å². The highest BCUT2D eigenvalue weighted by Gasteiger charge is 2.25. The van der Waals surface area contributed by atoms with Crippen molar-refractivity contribution >= 4 is 28.5 Å². The Balaban J connectivity index is 1.13. The SMILES string of the molecule is C1=CC2C=CC=C(c3ccc(-c4c5c(c(-c6ccc(-c7ccc8c(c7)CCC=C8)cc6)c6ccccc46)C=CCC5)cc3)C2C=C1. The van der Waals surface area contributed by atoms with E-state index in [0.717, 1.165) is 25.7 Å². The lowest BCUT2D eigenvalue weighted by atomic mass is 9.76. The molecule has 4 aliphatic rings. The second-order valence-electron chi connectivity index (χ2n) is 13.0. The summed E-state index contributed by atoms with van der Waals surface area (Å²) >= 11 is 0. The first kappa shape index (κ1) is 27.1. The van der Waals surface area contributed by atoms with Gasteiger partial charge in [-0.1, -0.05) is 158 Å². The van der Waals surface area contributed by atoms with E-state index in [0.29, 0.717) is 11.8 Å². The van der Waals surface area contributed by atoms with Crippen LogP contribution in [-0.2, 0) is 12.8 Å². The van der Waals surface area contributed by atoms with Crippen LogP contribution in [0, 0.1) is 11.8 Å². The number of hydrogen-bond donors (Lipinski definition) is 0. The van der Waals surface area contributed by atoms with Gasteiger partial charge in [-0.2, -0.15) is 0 Å². The number of aryl methyl sites for hydroxylation is 1. The molecule has 0 bridgehead atoms. The topological polar surface area (TPSA) is 0 Å². The van der Waals surface area contributed by atoms with E-state index in [9.17, 15) is 0 Å². The van der Waals surface area contributed by atoms with Crippen LogP contribution in [0.4, 0.5) is 0 Å². The molecule has 0 saturated carbocycles. The molecule has 0 spiro atoms. The van der Waals surface area contributed by atoms with Gasteiger partial charge in [0.15, 0.2) is 0 Å². The van der Waals surface area contributed by atoms with E-state index in [1.165, 1.54) is 77.5 Å². The van der Waals surface area contributed by atoms with Gasteiger partial charge in [-0.15, -0.1) is 0 Å². The van der Waals surface area contributed by atoms with E-state index in [-0.39, 0.29) is 0 Å². The normalized spacial score (nSPS) is 19.1. The minimum Gasteiger partial charge on any atom is -0.0836 e. The van der Waals surface area contributed by atoms with Crippen LogP contribution in [-0.4, -0.2) is 0 Å². The molecule has 0 fully saturated rings. The monoisotopic (exact) mass is 588 g/mol. The molecule has 0 nitrogen and oxygen atoms in total. The molecule has 2 unspecified atom stereocenters. The van der Waals surface area contributed by atoms with Gasteiger partial charge in [-0.05, 0) is 103 Å². The van der Waals surface area contributed by atoms with Gasteiger partial charge < -0.3 is 0 Å². The molecule has 9 rings (SSSR count). The van der Waals surface area contributed by atoms with Crippen LogP contribution in [0.15, 0.2) is 146 Å². The molecule has 0 amide bonds. The summed E-state index contributed by atoms with van der Waals surface area (Å²) in [5.74, 6) is 0.860. The van der Waals surface area contributed by atoms with Crippen LogP contribution < -0.4 is 0 Å². The van der Waals surface area contributed by atoms with Gasteiger partial charge in [0.05, 0.1) is 0 Å². The van der Waals surface area contributed by atoms with Crippen LogP contribution in [0.5, 0.6) is 0 Å². The van der Waals surface area contributed by atoms with Gasteiger partial charge >= 0.3 is 0 Å². The number of benzene rings is 5. The van der Waals surface area contributed by atoms with Crippen molar-refractivity contribution in [1.29, 1.82) is 0 Å². The fraction of sp³-hybridized carbons (Fsp3) is 0.130. The van der Waals surface area contributed by atoms with Gasteiger partial charge in [0.25, 0.3) is 0 Å². The highest BCUT2D eigenvalue weighted by Crippen LogP contribution is 2.45. The molecule has 0 aromatic heterocycles. The molecule has 0 radical (unpaired) electrons. The average molecular weight is 589 g/mol. The molecule has 5 aromatic rings. The number of fused-ring (bicyclic) bond motifs is 4. The minimum atomic E-state index is 0.412. The largest absolute Gasteiger partial charge is 0.0836 e. The van der Waals surface area contributed by atoms with Gasteiger partial charge in [0.2, 0.25) is 0 Å². The van der Waals surface area contributed by atoms with Crippen molar-refractivity contribution < 1.29 is 0 Å². The second kappa shape index (κ2) is 11.3. The molecule has 0 saturated heterocycles. The van der Waals surface area contributed by atoms with Crippen LogP contribution in [0.3, 0.4) is 0 Å². The summed E-state index contributed by atoms with van der Waals surface area (Å²) in [5, 5.41) is 2.66. The van der Waals surface area contributed by atoms with Crippen molar-refractivity contribution in [3.63, 3.8) is 0 Å². The zero-order valence-electron chi connectivity index (χ0n) is 26.0. The number of allylic oxidation sites excluding steroid dienone is 10. The molecular weight excluding hydrogens is 553 g/mol. The third-order valence-electron chi connectivity index (χ3n) is 10.4. The Morgan fingerprint density at radius 3 is 2.02 bits per heavy atom. The lowest BCUT2D eigenvalue weighted by Crippen LogP contribution is -2.14. The Morgan fingerprint density at radius 1 is 0.522 bits per heavy atom. The summed E-state index contributed by atoms with van der Waals surface area (Å²) < 4.78 is 0. The Labute approximate surface area is 272 Å². The Bertz CT molecular complexity index is 2170. The first-order valence-electron chi connectivity index (χ1n) is 16.8. The zero-order chi connectivity index (χ0) is 30.5. The maximum atomic E-state index is 2.39. The molecule has 0 aliphatic heterocycles. The lowest BCUT2D eigenvalue weighted by Gasteiger charge is -2.27. The lowest BCUT2D eigenvalue weighted by molar-refractivity contribution is 0.678. The standard InChI is InChI=1S/C46H36/c1-2-12-37-30-38(29-22-31(37)10-1)32-20-25-35(26-21-32)45-41-15-5-7-17-43(41)46(44-18-8-6-16-42(44)45)36-27-23-34(24-28-36)40-19-9-13-33-11-3-4-14-39(33)40/h1,3-7,9-11,13-17,19-30,33,39H,2,8,12,18H2. The van der Waals surface area contributed by atoms with Crippen molar-refractivity contribution in [2.45, 2.75) is 25.7 Å². The quantitative estimate of drug-likeness (QED) is 0.196. The van der Waals surface area contributed by atoms with E-state index >= 15 is 0 Å². The van der Waals surface area contributed by atoms with Crippen molar-refractivity contribution in [1.82, 2.24) is 0 Å². The fourth-order valence-electron chi connectivity index (χ4n) is 8.10. The van der Waals surface area contributed by atoms with Gasteiger partial charge in [-0.25, -0.2) is 0 Å². The first-order chi connectivity index (χ1) is 22.8. The summed E-state index contributed by atoms with van der Waals surface area (Å²) in [6.45, 7) is 0. The predicted molar refractivity (Wildman–Crippen MR) is 197 cm³/mol. The van der Waals surface area contributed by atoms with Crippen LogP contribution in [0.25, 0.3) is 61.9 Å². The molecule has 220 valence electrons. The van der Waals surface area contributed by atoms with Crippen LogP contribution in [0.2, 0.25) is 0 Å². The Kier molecular flexibility index (Phi) is 6.67. The summed E-state index contributed by atoms with van der Waals surface area (Å²) in [6, 6.07) is 34.7. The van der Waals surface area contributed by atoms with Crippen molar-refractivity contribution in [2.75, 3.05) is 0 Å².